The standard InChI is InChI=1S/C26H19ClF4N8O2/c27-20-4-6-22(38-14-32-34-35-38)24(25(20)28)16-3-5-21(39(41)12-16)23(9-15-1-2-15)37-11-17(10-33-37)18-7-8-36(40)13-19(18)26(29,30)31/h3-8,10-15,23H,1-2,9H2. The number of alkyl halides is 3. The Hall–Kier alpha value is -4.59. The minimum atomic E-state index is -4.76. The zero-order valence-electron chi connectivity index (χ0n) is 20.9. The number of tetrazole rings is 1. The van der Waals surface area contributed by atoms with Gasteiger partial charge >= 0.3 is 6.18 Å². The van der Waals surface area contributed by atoms with Gasteiger partial charge in [0.15, 0.2) is 24.4 Å². The summed E-state index contributed by atoms with van der Waals surface area (Å²) in [4.78, 5) is 0. The van der Waals surface area contributed by atoms with Crippen molar-refractivity contribution in [3.63, 3.8) is 0 Å². The van der Waals surface area contributed by atoms with Crippen LogP contribution in [0.15, 0.2) is 67.6 Å². The van der Waals surface area contributed by atoms with Gasteiger partial charge < -0.3 is 10.4 Å². The summed E-state index contributed by atoms with van der Waals surface area (Å²) in [6, 6.07) is 6.43. The average molecular weight is 587 g/mol. The van der Waals surface area contributed by atoms with E-state index in [9.17, 15) is 23.6 Å². The third kappa shape index (κ3) is 5.17. The molecule has 210 valence electrons. The average Bonchev–Trinajstić information content (AvgIpc) is 3.36. The Balaban J connectivity index is 1.40. The normalized spacial score (nSPS) is 14.4. The van der Waals surface area contributed by atoms with Gasteiger partial charge in [0.25, 0.3) is 0 Å². The van der Waals surface area contributed by atoms with Crippen molar-refractivity contribution in [1.82, 2.24) is 30.0 Å². The molecule has 4 heterocycles. The Kier molecular flexibility index (Phi) is 6.56. The molecule has 1 fully saturated rings. The molecule has 0 aliphatic heterocycles. The van der Waals surface area contributed by atoms with Crippen LogP contribution in [-0.4, -0.2) is 30.0 Å². The topological polar surface area (TPSA) is 115 Å². The molecule has 0 saturated heterocycles. The number of halogens is 5. The van der Waals surface area contributed by atoms with E-state index >= 15 is 4.39 Å². The fraction of sp³-hybridized carbons (Fsp3) is 0.231. The molecule has 1 aliphatic rings. The van der Waals surface area contributed by atoms with Crippen molar-refractivity contribution in [2.24, 2.45) is 5.92 Å². The van der Waals surface area contributed by atoms with E-state index in [4.69, 9.17) is 11.6 Å². The first-order valence-corrected chi connectivity index (χ1v) is 12.8. The van der Waals surface area contributed by atoms with Crippen molar-refractivity contribution in [1.29, 1.82) is 0 Å². The van der Waals surface area contributed by atoms with Crippen LogP contribution < -0.4 is 9.46 Å². The van der Waals surface area contributed by atoms with E-state index in [-0.39, 0.29) is 43.4 Å². The fourth-order valence-electron chi connectivity index (χ4n) is 4.81. The summed E-state index contributed by atoms with van der Waals surface area (Å²) >= 11 is 6.04. The van der Waals surface area contributed by atoms with Gasteiger partial charge in [-0.25, -0.2) is 4.39 Å². The van der Waals surface area contributed by atoms with Crippen molar-refractivity contribution in [2.45, 2.75) is 31.5 Å². The Morgan fingerprint density at radius 2 is 1.88 bits per heavy atom. The van der Waals surface area contributed by atoms with Crippen LogP contribution >= 0.6 is 11.6 Å². The first kappa shape index (κ1) is 26.6. The molecular weight excluding hydrogens is 568 g/mol. The van der Waals surface area contributed by atoms with Crippen molar-refractivity contribution >= 4 is 11.6 Å². The van der Waals surface area contributed by atoms with Gasteiger partial charge in [0.2, 0.25) is 5.69 Å². The van der Waals surface area contributed by atoms with Crippen molar-refractivity contribution in [3.8, 4) is 27.9 Å². The van der Waals surface area contributed by atoms with Crippen LogP contribution in [0.3, 0.4) is 0 Å². The Labute approximate surface area is 234 Å². The highest BCUT2D eigenvalue weighted by Gasteiger charge is 2.37. The van der Waals surface area contributed by atoms with Crippen LogP contribution in [0.2, 0.25) is 5.02 Å². The number of pyridine rings is 2. The predicted octanol–water partition coefficient (Wildman–Crippen LogP) is 4.66. The van der Waals surface area contributed by atoms with Gasteiger partial charge in [-0.3, -0.25) is 4.68 Å². The monoisotopic (exact) mass is 586 g/mol. The maximum absolute atomic E-state index is 15.2. The number of hydrogen-bond acceptors (Lipinski definition) is 6. The molecule has 0 bridgehead atoms. The van der Waals surface area contributed by atoms with Crippen LogP contribution in [0.1, 0.15) is 36.6 Å². The minimum absolute atomic E-state index is 0.0143. The van der Waals surface area contributed by atoms with Crippen LogP contribution in [-0.2, 0) is 6.18 Å². The van der Waals surface area contributed by atoms with E-state index in [1.807, 2.05) is 0 Å². The summed E-state index contributed by atoms with van der Waals surface area (Å²) in [5.74, 6) is -0.451. The third-order valence-corrected chi connectivity index (χ3v) is 7.26. The molecule has 1 aliphatic carbocycles. The van der Waals surface area contributed by atoms with Crippen LogP contribution in [0.5, 0.6) is 0 Å². The maximum atomic E-state index is 15.2. The van der Waals surface area contributed by atoms with Crippen molar-refractivity contribution in [2.75, 3.05) is 0 Å². The second kappa shape index (κ2) is 10.1. The summed E-state index contributed by atoms with van der Waals surface area (Å²) in [7, 11) is 0. The highest BCUT2D eigenvalue weighted by molar-refractivity contribution is 6.31. The first-order valence-electron chi connectivity index (χ1n) is 12.4. The first-order chi connectivity index (χ1) is 19.6. The maximum Gasteiger partial charge on any atom is 0.422 e. The largest absolute Gasteiger partial charge is 0.619 e. The SMILES string of the molecule is [O-][n+]1ccc(-c2cnn(C(CC3CC3)c3ccc(-c4c(-n5cnnn5)ccc(Cl)c4F)c[n+]3[O-])c2)c(C(F)(F)F)c1. The van der Waals surface area contributed by atoms with Gasteiger partial charge in [-0.15, -0.1) is 5.10 Å². The van der Waals surface area contributed by atoms with Gasteiger partial charge in [-0.2, -0.15) is 32.4 Å². The molecule has 1 unspecified atom stereocenters. The van der Waals surface area contributed by atoms with Crippen LogP contribution in [0, 0.1) is 22.1 Å². The Morgan fingerprint density at radius 3 is 2.56 bits per heavy atom. The lowest BCUT2D eigenvalue weighted by Crippen LogP contribution is -2.35. The summed E-state index contributed by atoms with van der Waals surface area (Å²) < 4.78 is 59.6. The number of benzene rings is 1. The molecule has 1 aromatic carbocycles. The van der Waals surface area contributed by atoms with Crippen LogP contribution in [0.4, 0.5) is 17.6 Å². The zero-order chi connectivity index (χ0) is 28.9. The zero-order valence-corrected chi connectivity index (χ0v) is 21.7. The molecule has 0 N–H and O–H groups in total. The van der Waals surface area contributed by atoms with Crippen molar-refractivity contribution in [3.05, 3.63) is 100 Å². The molecule has 5 aromatic rings. The summed E-state index contributed by atoms with van der Waals surface area (Å²) in [6.07, 6.45) is 4.28. The summed E-state index contributed by atoms with van der Waals surface area (Å²) in [5, 5.41) is 40.1. The molecule has 0 amide bonds. The number of hydrogen-bond donors (Lipinski definition) is 0. The molecule has 10 nitrogen and oxygen atoms in total. The van der Waals surface area contributed by atoms with Gasteiger partial charge in [-0.1, -0.05) is 24.4 Å². The van der Waals surface area contributed by atoms with E-state index in [1.54, 1.807) is 6.07 Å². The lowest BCUT2D eigenvalue weighted by molar-refractivity contribution is -0.615. The number of rotatable bonds is 7. The van der Waals surface area contributed by atoms with Gasteiger partial charge in [0, 0.05) is 29.5 Å². The second-order valence-electron chi connectivity index (χ2n) is 9.71. The summed E-state index contributed by atoms with van der Waals surface area (Å²) in [5.41, 5.74) is -0.413. The molecule has 41 heavy (non-hydrogen) atoms. The van der Waals surface area contributed by atoms with Crippen molar-refractivity contribution < 1.29 is 27.0 Å². The molecule has 15 heteroatoms. The molecular formula is C26H19ClF4N8O2. The van der Waals surface area contributed by atoms with Gasteiger partial charge in [-0.05, 0) is 41.0 Å². The minimum Gasteiger partial charge on any atom is -0.619 e. The molecule has 6 rings (SSSR count). The number of nitrogens with zero attached hydrogens (tertiary/aromatic N) is 8. The molecule has 1 saturated carbocycles. The second-order valence-corrected chi connectivity index (χ2v) is 10.1. The molecule has 0 spiro atoms. The highest BCUT2D eigenvalue weighted by Crippen LogP contribution is 2.41. The smallest absolute Gasteiger partial charge is 0.422 e. The summed E-state index contributed by atoms with van der Waals surface area (Å²) in [6.45, 7) is 0. The number of aromatic nitrogens is 8. The van der Waals surface area contributed by atoms with E-state index in [2.05, 4.69) is 20.6 Å². The fourth-order valence-corrected chi connectivity index (χ4v) is 4.97. The molecule has 1 atom stereocenters. The third-order valence-electron chi connectivity index (χ3n) is 6.97. The Morgan fingerprint density at radius 1 is 1.07 bits per heavy atom. The van der Waals surface area contributed by atoms with E-state index in [0.29, 0.717) is 23.3 Å². The van der Waals surface area contributed by atoms with Gasteiger partial charge in [0.1, 0.15) is 17.9 Å². The van der Waals surface area contributed by atoms with E-state index in [1.165, 1.54) is 52.5 Å². The molecule has 4 aromatic heterocycles. The Bertz CT molecular complexity index is 1740. The lowest BCUT2D eigenvalue weighted by atomic mass is 10.0. The molecule has 0 radical (unpaired) electrons. The lowest BCUT2D eigenvalue weighted by Gasteiger charge is -2.18. The quantitative estimate of drug-likeness (QED) is 0.156. The van der Waals surface area contributed by atoms with Gasteiger partial charge in [0.05, 0.1) is 28.0 Å². The van der Waals surface area contributed by atoms with E-state index in [0.717, 1.165) is 25.1 Å². The highest BCUT2D eigenvalue weighted by atomic mass is 35.5. The predicted molar refractivity (Wildman–Crippen MR) is 136 cm³/mol. The van der Waals surface area contributed by atoms with E-state index < -0.39 is 23.6 Å². The van der Waals surface area contributed by atoms with Crippen LogP contribution in [0.25, 0.3) is 27.9 Å².